The Morgan fingerprint density at radius 1 is 1.19 bits per heavy atom. The molecule has 106 valence electrons. The van der Waals surface area contributed by atoms with E-state index in [1.807, 2.05) is 6.92 Å². The molecule has 3 rings (SSSR count). The Labute approximate surface area is 131 Å². The van der Waals surface area contributed by atoms with Crippen molar-refractivity contribution >= 4 is 34.8 Å². The Hall–Kier alpha value is -1.78. The van der Waals surface area contributed by atoms with Crippen molar-refractivity contribution in [3.63, 3.8) is 0 Å². The molecule has 0 saturated carbocycles. The fourth-order valence-electron chi connectivity index (χ4n) is 2.08. The summed E-state index contributed by atoms with van der Waals surface area (Å²) in [6.07, 6.45) is 0. The average Bonchev–Trinajstić information content (AvgIpc) is 2.47. The van der Waals surface area contributed by atoms with E-state index in [1.54, 1.807) is 30.3 Å². The van der Waals surface area contributed by atoms with Crippen molar-refractivity contribution in [2.45, 2.75) is 11.8 Å². The van der Waals surface area contributed by atoms with Crippen LogP contribution in [0.3, 0.4) is 0 Å². The lowest BCUT2D eigenvalue weighted by atomic mass is 10.1. The van der Waals surface area contributed by atoms with Gasteiger partial charge in [-0.3, -0.25) is 4.79 Å². The van der Waals surface area contributed by atoms with Gasteiger partial charge in [0.2, 0.25) is 5.78 Å². The third kappa shape index (κ3) is 2.82. The highest BCUT2D eigenvalue weighted by Gasteiger charge is 2.23. The van der Waals surface area contributed by atoms with E-state index in [0.717, 1.165) is 11.4 Å². The Morgan fingerprint density at radius 2 is 1.90 bits per heavy atom. The maximum absolute atomic E-state index is 13.3. The second-order valence-electron chi connectivity index (χ2n) is 4.66. The number of hydrogen-bond acceptors (Lipinski definition) is 3. The highest BCUT2D eigenvalue weighted by molar-refractivity contribution is 8.04. The normalized spacial score (nSPS) is 13.7. The molecule has 1 aliphatic rings. The van der Waals surface area contributed by atoms with E-state index in [1.165, 1.54) is 23.9 Å². The molecule has 21 heavy (non-hydrogen) atoms. The van der Waals surface area contributed by atoms with E-state index < -0.39 is 0 Å². The zero-order valence-corrected chi connectivity index (χ0v) is 12.7. The molecule has 0 bridgehead atoms. The molecule has 1 aliphatic heterocycles. The van der Waals surface area contributed by atoms with Gasteiger partial charge in [-0.05, 0) is 49.4 Å². The average molecular weight is 320 g/mol. The Kier molecular flexibility index (Phi) is 3.74. The van der Waals surface area contributed by atoms with Crippen LogP contribution >= 0.6 is 23.4 Å². The first-order valence-corrected chi connectivity index (χ1v) is 7.49. The van der Waals surface area contributed by atoms with E-state index in [-0.39, 0.29) is 11.6 Å². The van der Waals surface area contributed by atoms with Crippen LogP contribution in [0.25, 0.3) is 0 Å². The van der Waals surface area contributed by atoms with E-state index in [2.05, 4.69) is 5.32 Å². The highest BCUT2D eigenvalue weighted by atomic mass is 35.5. The number of fused-ring (bicyclic) bond motifs is 1. The second-order valence-corrected chi connectivity index (χ2v) is 6.15. The van der Waals surface area contributed by atoms with Crippen molar-refractivity contribution in [2.24, 2.45) is 0 Å². The summed E-state index contributed by atoms with van der Waals surface area (Å²) in [4.78, 5) is 13.8. The number of anilines is 1. The molecule has 2 aromatic rings. The molecule has 0 aromatic heterocycles. The topological polar surface area (TPSA) is 29.1 Å². The summed E-state index contributed by atoms with van der Waals surface area (Å²) in [7, 11) is 0. The first-order chi connectivity index (χ1) is 10.0. The lowest BCUT2D eigenvalue weighted by Gasteiger charge is -2.21. The number of rotatable bonds is 2. The van der Waals surface area contributed by atoms with E-state index in [9.17, 15) is 9.18 Å². The van der Waals surface area contributed by atoms with Gasteiger partial charge in [-0.25, -0.2) is 4.39 Å². The molecule has 5 heteroatoms. The summed E-state index contributed by atoms with van der Waals surface area (Å²) < 4.78 is 13.3. The number of Topliss-reactive ketones (excluding diaryl/α,β-unsaturated/α-hetero) is 1. The Bertz CT molecular complexity index is 755. The van der Waals surface area contributed by atoms with Crippen LogP contribution < -0.4 is 5.32 Å². The van der Waals surface area contributed by atoms with Crippen molar-refractivity contribution < 1.29 is 9.18 Å². The van der Waals surface area contributed by atoms with Gasteiger partial charge in [-0.1, -0.05) is 23.4 Å². The van der Waals surface area contributed by atoms with Crippen molar-refractivity contribution in [2.75, 3.05) is 5.32 Å². The van der Waals surface area contributed by atoms with Gasteiger partial charge in [0, 0.05) is 21.2 Å². The number of ketones is 1. The van der Waals surface area contributed by atoms with Crippen molar-refractivity contribution in [3.05, 3.63) is 69.5 Å². The zero-order valence-electron chi connectivity index (χ0n) is 11.1. The fourth-order valence-corrected chi connectivity index (χ4v) is 3.24. The van der Waals surface area contributed by atoms with E-state index in [0.29, 0.717) is 20.4 Å². The van der Waals surface area contributed by atoms with Gasteiger partial charge in [-0.15, -0.1) is 0 Å². The summed E-state index contributed by atoms with van der Waals surface area (Å²) in [5, 5.41) is 3.73. The van der Waals surface area contributed by atoms with Crippen molar-refractivity contribution in [1.82, 2.24) is 0 Å². The van der Waals surface area contributed by atoms with Gasteiger partial charge in [-0.2, -0.15) is 0 Å². The van der Waals surface area contributed by atoms with Crippen LogP contribution in [-0.4, -0.2) is 5.78 Å². The van der Waals surface area contributed by atoms with Crippen molar-refractivity contribution in [3.8, 4) is 0 Å². The lowest BCUT2D eigenvalue weighted by molar-refractivity contribution is 0.104. The second kappa shape index (κ2) is 5.54. The molecule has 2 aromatic carbocycles. The Balaban J connectivity index is 1.95. The minimum absolute atomic E-state index is 0.100. The number of benzene rings is 2. The first-order valence-electron chi connectivity index (χ1n) is 6.30. The molecule has 2 nitrogen and oxygen atoms in total. The van der Waals surface area contributed by atoms with Gasteiger partial charge in [0.1, 0.15) is 5.82 Å². The molecule has 0 aliphatic carbocycles. The number of hydrogen-bond donors (Lipinski definition) is 1. The molecule has 0 amide bonds. The van der Waals surface area contributed by atoms with Crippen molar-refractivity contribution in [1.29, 1.82) is 0 Å². The molecule has 0 radical (unpaired) electrons. The lowest BCUT2D eigenvalue weighted by Crippen LogP contribution is -2.12. The molecule has 0 fully saturated rings. The summed E-state index contributed by atoms with van der Waals surface area (Å²) in [5.41, 5.74) is 2.13. The number of halogens is 2. The SMILES string of the molecule is CC1=C(C(=O)c2ccc(Cl)cc2)Sc2cc(F)ccc2N1. The molecule has 1 N–H and O–H groups in total. The fraction of sp³-hybridized carbons (Fsp3) is 0.0625. The van der Waals surface area contributed by atoms with Gasteiger partial charge < -0.3 is 5.32 Å². The van der Waals surface area contributed by atoms with Crippen LogP contribution in [0.2, 0.25) is 5.02 Å². The number of nitrogens with one attached hydrogen (secondary N) is 1. The standard InChI is InChI=1S/C16H11ClFNOS/c1-9-16(15(20)10-2-4-11(17)5-3-10)21-14-8-12(18)6-7-13(14)19-9/h2-8,19H,1H3. The molecule has 0 atom stereocenters. The predicted molar refractivity (Wildman–Crippen MR) is 84.4 cm³/mol. The minimum Gasteiger partial charge on any atom is -0.357 e. The number of thioether (sulfide) groups is 1. The Morgan fingerprint density at radius 3 is 2.62 bits per heavy atom. The molecule has 0 unspecified atom stereocenters. The quantitative estimate of drug-likeness (QED) is 0.780. The van der Waals surface area contributed by atoms with Crippen LogP contribution in [0.15, 0.2) is 58.0 Å². The van der Waals surface area contributed by atoms with Crippen LogP contribution in [-0.2, 0) is 0 Å². The zero-order chi connectivity index (χ0) is 15.0. The highest BCUT2D eigenvalue weighted by Crippen LogP contribution is 2.41. The summed E-state index contributed by atoms with van der Waals surface area (Å²) in [6, 6.07) is 11.2. The van der Waals surface area contributed by atoms with Crippen LogP contribution in [0.5, 0.6) is 0 Å². The van der Waals surface area contributed by atoms with Crippen LogP contribution in [0, 0.1) is 5.82 Å². The smallest absolute Gasteiger partial charge is 0.201 e. The monoisotopic (exact) mass is 319 g/mol. The maximum Gasteiger partial charge on any atom is 0.201 e. The van der Waals surface area contributed by atoms with Gasteiger partial charge in [0.05, 0.1) is 10.6 Å². The number of allylic oxidation sites excluding steroid dienone is 2. The number of carbonyl (C=O) groups excluding carboxylic acids is 1. The minimum atomic E-state index is -0.319. The van der Waals surface area contributed by atoms with E-state index >= 15 is 0 Å². The van der Waals surface area contributed by atoms with E-state index in [4.69, 9.17) is 11.6 Å². The van der Waals surface area contributed by atoms with Crippen LogP contribution in [0.4, 0.5) is 10.1 Å². The number of carbonyl (C=O) groups is 1. The van der Waals surface area contributed by atoms with Crippen LogP contribution in [0.1, 0.15) is 17.3 Å². The first kappa shape index (κ1) is 14.2. The summed E-state index contributed by atoms with van der Waals surface area (Å²) >= 11 is 7.11. The molecular weight excluding hydrogens is 309 g/mol. The molecule has 0 spiro atoms. The molecule has 0 saturated heterocycles. The maximum atomic E-state index is 13.3. The third-order valence-corrected chi connectivity index (χ3v) is 4.64. The predicted octanol–water partition coefficient (Wildman–Crippen LogP) is 5.11. The van der Waals surface area contributed by atoms with Gasteiger partial charge in [0.15, 0.2) is 0 Å². The summed E-state index contributed by atoms with van der Waals surface area (Å²) in [5.74, 6) is -0.419. The molecular formula is C16H11ClFNOS. The largest absolute Gasteiger partial charge is 0.357 e. The molecule has 1 heterocycles. The third-order valence-electron chi connectivity index (χ3n) is 3.13. The van der Waals surface area contributed by atoms with Gasteiger partial charge in [0.25, 0.3) is 0 Å². The summed E-state index contributed by atoms with van der Waals surface area (Å²) in [6.45, 7) is 1.84. The van der Waals surface area contributed by atoms with Gasteiger partial charge >= 0.3 is 0 Å².